The van der Waals surface area contributed by atoms with Crippen LogP contribution in [0.15, 0.2) is 23.4 Å². The molecule has 0 bridgehead atoms. The fraction of sp³-hybridized carbons (Fsp3) is 0.353. The van der Waals surface area contributed by atoms with Gasteiger partial charge < -0.3 is 9.30 Å². The van der Waals surface area contributed by atoms with Crippen molar-refractivity contribution in [1.29, 1.82) is 0 Å². The molecule has 1 atom stereocenters. The first-order valence-corrected chi connectivity index (χ1v) is 10.8. The van der Waals surface area contributed by atoms with Gasteiger partial charge in [0.2, 0.25) is 11.0 Å². The minimum atomic E-state index is -0.479. The predicted octanol–water partition coefficient (Wildman–Crippen LogP) is 3.89. The van der Waals surface area contributed by atoms with Gasteiger partial charge in [0.15, 0.2) is 17.1 Å². The number of nitrogens with one attached hydrogen (secondary N) is 1. The average molecular weight is 457 g/mol. The summed E-state index contributed by atoms with van der Waals surface area (Å²) in [7, 11) is 1.78. The van der Waals surface area contributed by atoms with Crippen molar-refractivity contribution in [2.24, 2.45) is 7.05 Å². The van der Waals surface area contributed by atoms with Gasteiger partial charge in [0.1, 0.15) is 16.6 Å². The molecule has 154 valence electrons. The van der Waals surface area contributed by atoms with Gasteiger partial charge in [-0.1, -0.05) is 41.6 Å². The number of nitrogens with zero attached hydrogens (tertiary/aromatic N) is 5. The van der Waals surface area contributed by atoms with Crippen LogP contribution in [0.3, 0.4) is 0 Å². The summed E-state index contributed by atoms with van der Waals surface area (Å²) < 4.78 is 20.7. The lowest BCUT2D eigenvalue weighted by atomic mass is 10.3. The minimum Gasteiger partial charge on any atom is -0.481 e. The predicted molar refractivity (Wildman–Crippen MR) is 110 cm³/mol. The molecule has 0 aliphatic heterocycles. The van der Waals surface area contributed by atoms with Crippen molar-refractivity contribution in [3.8, 4) is 5.75 Å². The van der Waals surface area contributed by atoms with E-state index in [1.165, 1.54) is 41.3 Å². The summed E-state index contributed by atoms with van der Waals surface area (Å²) in [5.41, 5.74) is 0. The Labute approximate surface area is 179 Å². The van der Waals surface area contributed by atoms with E-state index in [2.05, 4.69) is 25.7 Å². The van der Waals surface area contributed by atoms with E-state index in [1.807, 2.05) is 6.92 Å². The van der Waals surface area contributed by atoms with E-state index in [0.29, 0.717) is 21.9 Å². The molecule has 0 fully saturated rings. The quantitative estimate of drug-likeness (QED) is 0.513. The van der Waals surface area contributed by atoms with Crippen LogP contribution in [0.1, 0.15) is 30.8 Å². The molecule has 0 spiro atoms. The van der Waals surface area contributed by atoms with E-state index in [1.54, 1.807) is 18.5 Å². The second-order valence-electron chi connectivity index (χ2n) is 5.93. The molecule has 3 aromatic rings. The first-order valence-electron chi connectivity index (χ1n) is 8.63. The number of thioether (sulfide) groups is 1. The number of hydrogen-bond acceptors (Lipinski definition) is 8. The molecule has 12 heteroatoms. The van der Waals surface area contributed by atoms with Gasteiger partial charge in [-0.3, -0.25) is 10.1 Å². The average Bonchev–Trinajstić information content (AvgIpc) is 3.28. The summed E-state index contributed by atoms with van der Waals surface area (Å²) in [6.07, 6.45) is 0.292. The van der Waals surface area contributed by atoms with Gasteiger partial charge in [-0.15, -0.1) is 20.4 Å². The maximum Gasteiger partial charge on any atom is 0.236 e. The molecule has 1 aromatic carbocycles. The lowest BCUT2D eigenvalue weighted by molar-refractivity contribution is -0.113. The number of aromatic nitrogens is 5. The molecule has 2 aromatic heterocycles. The Hall–Kier alpha value is -2.24. The number of ether oxygens (including phenoxy) is 1. The first kappa shape index (κ1) is 21.5. The fourth-order valence-corrected chi connectivity index (χ4v) is 3.98. The topological polar surface area (TPSA) is 94.8 Å². The molecule has 0 aliphatic rings. The molecular formula is C17H18ClFN6O2S2. The highest BCUT2D eigenvalue weighted by Gasteiger charge is 2.19. The highest BCUT2D eigenvalue weighted by atomic mass is 35.5. The number of benzene rings is 1. The Morgan fingerprint density at radius 3 is 2.86 bits per heavy atom. The third-order valence-electron chi connectivity index (χ3n) is 3.78. The summed E-state index contributed by atoms with van der Waals surface area (Å²) in [6, 6.07) is 3.91. The van der Waals surface area contributed by atoms with Crippen molar-refractivity contribution in [3.05, 3.63) is 39.9 Å². The van der Waals surface area contributed by atoms with Crippen LogP contribution < -0.4 is 10.1 Å². The molecule has 8 nitrogen and oxygen atoms in total. The number of amides is 1. The zero-order valence-corrected chi connectivity index (χ0v) is 18.2. The minimum absolute atomic E-state index is 0.145. The van der Waals surface area contributed by atoms with E-state index in [0.717, 1.165) is 11.4 Å². The third kappa shape index (κ3) is 5.43. The fourth-order valence-electron chi connectivity index (χ4n) is 2.35. The van der Waals surface area contributed by atoms with Gasteiger partial charge in [-0.25, -0.2) is 4.39 Å². The second kappa shape index (κ2) is 9.51. The van der Waals surface area contributed by atoms with Crippen molar-refractivity contribution in [1.82, 2.24) is 25.0 Å². The number of carbonyl (C=O) groups is 1. The largest absolute Gasteiger partial charge is 0.481 e. The number of rotatable bonds is 8. The van der Waals surface area contributed by atoms with Crippen molar-refractivity contribution < 1.29 is 13.9 Å². The van der Waals surface area contributed by atoms with Gasteiger partial charge in [-0.05, 0) is 31.5 Å². The van der Waals surface area contributed by atoms with E-state index in [-0.39, 0.29) is 16.7 Å². The maximum atomic E-state index is 13.2. The van der Waals surface area contributed by atoms with Gasteiger partial charge in [0.25, 0.3) is 0 Å². The first-order chi connectivity index (χ1) is 13.9. The van der Waals surface area contributed by atoms with Crippen LogP contribution in [0, 0.1) is 5.82 Å². The number of carbonyl (C=O) groups excluding carboxylic acids is 1. The van der Waals surface area contributed by atoms with E-state index in [4.69, 9.17) is 16.3 Å². The normalized spacial score (nSPS) is 12.0. The third-order valence-corrected chi connectivity index (χ3v) is 6.08. The number of halogens is 2. The van der Waals surface area contributed by atoms with Crippen LogP contribution in [0.4, 0.5) is 9.52 Å². The summed E-state index contributed by atoms with van der Waals surface area (Å²) >= 11 is 8.59. The summed E-state index contributed by atoms with van der Waals surface area (Å²) in [5, 5.41) is 20.9. The molecule has 1 unspecified atom stereocenters. The Balaban J connectivity index is 1.58. The van der Waals surface area contributed by atoms with E-state index in [9.17, 15) is 9.18 Å². The maximum absolute atomic E-state index is 13.2. The molecule has 0 saturated heterocycles. The van der Waals surface area contributed by atoms with Crippen LogP contribution in [-0.4, -0.2) is 36.6 Å². The van der Waals surface area contributed by atoms with Crippen molar-refractivity contribution in [2.75, 3.05) is 11.1 Å². The van der Waals surface area contributed by atoms with Gasteiger partial charge in [0, 0.05) is 7.05 Å². The highest BCUT2D eigenvalue weighted by molar-refractivity contribution is 7.99. The van der Waals surface area contributed by atoms with Gasteiger partial charge >= 0.3 is 0 Å². The smallest absolute Gasteiger partial charge is 0.236 e. The van der Waals surface area contributed by atoms with Crippen LogP contribution in [0.25, 0.3) is 0 Å². The van der Waals surface area contributed by atoms with Crippen molar-refractivity contribution in [2.45, 2.75) is 31.5 Å². The second-order valence-corrected chi connectivity index (χ2v) is 8.34. The zero-order chi connectivity index (χ0) is 21.0. The molecule has 2 heterocycles. The number of anilines is 1. The van der Waals surface area contributed by atoms with Gasteiger partial charge in [-0.2, -0.15) is 0 Å². The number of hydrogen-bond donors (Lipinski definition) is 1. The molecule has 3 rings (SSSR count). The molecular weight excluding hydrogens is 439 g/mol. The molecule has 0 saturated carbocycles. The van der Waals surface area contributed by atoms with Crippen LogP contribution in [0.5, 0.6) is 5.75 Å². The van der Waals surface area contributed by atoms with E-state index < -0.39 is 11.9 Å². The zero-order valence-electron chi connectivity index (χ0n) is 15.8. The number of aryl methyl sites for hydroxylation is 1. The SMILES string of the molecule is CCc1nnc(NC(=O)CSc2nnc(C(C)Oc3ccc(F)cc3Cl)n2C)s1. The highest BCUT2D eigenvalue weighted by Crippen LogP contribution is 2.30. The molecule has 1 amide bonds. The summed E-state index contributed by atoms with van der Waals surface area (Å²) in [4.78, 5) is 12.1. The molecule has 1 N–H and O–H groups in total. The Morgan fingerprint density at radius 2 is 2.17 bits per heavy atom. The molecule has 0 radical (unpaired) electrons. The van der Waals surface area contributed by atoms with Crippen LogP contribution >= 0.6 is 34.7 Å². The van der Waals surface area contributed by atoms with E-state index >= 15 is 0 Å². The summed E-state index contributed by atoms with van der Waals surface area (Å²) in [5.74, 6) is 0.392. The Bertz CT molecular complexity index is 1010. The lowest BCUT2D eigenvalue weighted by Gasteiger charge is -2.15. The summed E-state index contributed by atoms with van der Waals surface area (Å²) in [6.45, 7) is 3.76. The standard InChI is InChI=1S/C17H18ClFN6O2S2/c1-4-14-21-23-16(29-14)20-13(26)8-28-17-24-22-15(25(17)3)9(2)27-12-6-5-10(19)7-11(12)18/h5-7,9H,4,8H2,1-3H3,(H,20,23,26). The monoisotopic (exact) mass is 456 g/mol. The van der Waals surface area contributed by atoms with Gasteiger partial charge in [0.05, 0.1) is 10.8 Å². The Kier molecular flexibility index (Phi) is 7.04. The van der Waals surface area contributed by atoms with Crippen molar-refractivity contribution in [3.63, 3.8) is 0 Å². The lowest BCUT2D eigenvalue weighted by Crippen LogP contribution is -2.14. The molecule has 0 aliphatic carbocycles. The molecule has 29 heavy (non-hydrogen) atoms. The van der Waals surface area contributed by atoms with Crippen molar-refractivity contribution >= 4 is 45.7 Å². The van der Waals surface area contributed by atoms with Crippen LogP contribution in [0.2, 0.25) is 5.02 Å². The Morgan fingerprint density at radius 1 is 1.38 bits per heavy atom. The van der Waals surface area contributed by atoms with Crippen LogP contribution in [-0.2, 0) is 18.3 Å².